The van der Waals surface area contributed by atoms with E-state index in [9.17, 15) is 13.2 Å². The van der Waals surface area contributed by atoms with Crippen LogP contribution in [0.3, 0.4) is 0 Å². The predicted octanol–water partition coefficient (Wildman–Crippen LogP) is 4.25. The number of alkyl halides is 3. The van der Waals surface area contributed by atoms with Crippen LogP contribution in [-0.4, -0.2) is 23.3 Å². The number of nitrogens with zero attached hydrogens (tertiary/aromatic N) is 2. The second kappa shape index (κ2) is 6.94. The van der Waals surface area contributed by atoms with Crippen LogP contribution in [0.2, 0.25) is 0 Å². The molecule has 1 aromatic heterocycles. The van der Waals surface area contributed by atoms with Crippen molar-refractivity contribution >= 4 is 0 Å². The van der Waals surface area contributed by atoms with Crippen molar-refractivity contribution in [3.05, 3.63) is 53.1 Å². The molecule has 0 spiro atoms. The summed E-state index contributed by atoms with van der Waals surface area (Å²) < 4.78 is 50.2. The van der Waals surface area contributed by atoms with E-state index in [4.69, 9.17) is 14.9 Å². The van der Waals surface area contributed by atoms with Crippen LogP contribution >= 0.6 is 0 Å². The quantitative estimate of drug-likeness (QED) is 0.725. The van der Waals surface area contributed by atoms with Gasteiger partial charge in [0.15, 0.2) is 0 Å². The van der Waals surface area contributed by atoms with Crippen LogP contribution in [0.1, 0.15) is 23.1 Å². The molecule has 0 saturated carbocycles. The van der Waals surface area contributed by atoms with E-state index in [0.29, 0.717) is 0 Å². The zero-order chi connectivity index (χ0) is 19.9. The molecule has 0 amide bonds. The summed E-state index contributed by atoms with van der Waals surface area (Å²) in [5.41, 5.74) is 8.42. The van der Waals surface area contributed by atoms with Gasteiger partial charge in [-0.15, -0.1) is 10.2 Å². The molecule has 28 heavy (non-hydrogen) atoms. The summed E-state index contributed by atoms with van der Waals surface area (Å²) in [6, 6.07) is 9.61. The van der Waals surface area contributed by atoms with Gasteiger partial charge in [-0.25, -0.2) is 0 Å². The first-order chi connectivity index (χ1) is 13.3. The van der Waals surface area contributed by atoms with E-state index < -0.39 is 11.7 Å². The van der Waals surface area contributed by atoms with Crippen LogP contribution in [-0.2, 0) is 19.0 Å². The van der Waals surface area contributed by atoms with Gasteiger partial charge in [-0.2, -0.15) is 13.2 Å². The number of rotatable bonds is 3. The molecule has 4 rings (SSSR count). The Labute approximate surface area is 159 Å². The lowest BCUT2D eigenvalue weighted by Crippen LogP contribution is -2.27. The van der Waals surface area contributed by atoms with Gasteiger partial charge in [-0.3, -0.25) is 0 Å². The monoisotopic (exact) mass is 389 g/mol. The highest BCUT2D eigenvalue weighted by Gasteiger charge is 2.35. The zero-order valence-electron chi connectivity index (χ0n) is 15.1. The topological polar surface area (TPSA) is 74.2 Å². The summed E-state index contributed by atoms with van der Waals surface area (Å²) in [4.78, 5) is 0. The number of aryl methyl sites for hydroxylation is 1. The van der Waals surface area contributed by atoms with Gasteiger partial charge in [0, 0.05) is 17.2 Å². The Kier molecular flexibility index (Phi) is 4.58. The molecule has 3 aromatic rings. The highest BCUT2D eigenvalue weighted by Crippen LogP contribution is 2.39. The Balaban J connectivity index is 1.68. The normalized spacial score (nSPS) is 16.7. The van der Waals surface area contributed by atoms with E-state index >= 15 is 0 Å². The smallest absolute Gasteiger partial charge is 0.419 e. The second-order valence-electron chi connectivity index (χ2n) is 6.81. The van der Waals surface area contributed by atoms with E-state index in [1.54, 1.807) is 0 Å². The van der Waals surface area contributed by atoms with Gasteiger partial charge >= 0.3 is 6.18 Å². The molecule has 0 radical (unpaired) electrons. The van der Waals surface area contributed by atoms with Crippen LogP contribution < -0.4 is 10.5 Å². The van der Waals surface area contributed by atoms with E-state index in [1.165, 1.54) is 24.8 Å². The maximum atomic E-state index is 13.2. The summed E-state index contributed by atoms with van der Waals surface area (Å²) in [7, 11) is 1.19. The Morgan fingerprint density at radius 2 is 1.71 bits per heavy atom. The minimum Gasteiger partial charge on any atom is -0.496 e. The number of fused-ring (bicyclic) bond motifs is 1. The van der Waals surface area contributed by atoms with E-state index in [-0.39, 0.29) is 29.1 Å². The van der Waals surface area contributed by atoms with Crippen LogP contribution in [0.25, 0.3) is 22.9 Å². The molecular weight excluding hydrogens is 371 g/mol. The molecule has 0 fully saturated rings. The molecule has 2 aromatic carbocycles. The number of halogens is 3. The first-order valence-electron chi connectivity index (χ1n) is 8.82. The number of benzene rings is 2. The summed E-state index contributed by atoms with van der Waals surface area (Å²) >= 11 is 0. The molecule has 1 atom stereocenters. The Hall–Kier alpha value is -2.87. The predicted molar refractivity (Wildman–Crippen MR) is 96.7 cm³/mol. The molecule has 1 heterocycles. The largest absolute Gasteiger partial charge is 0.496 e. The molecule has 0 unspecified atom stereocenters. The number of nitrogens with two attached hydrogens (primary N) is 1. The van der Waals surface area contributed by atoms with Crippen LogP contribution in [0.15, 0.2) is 40.8 Å². The molecular formula is C20H18F3N3O2. The third-order valence-corrected chi connectivity index (χ3v) is 4.90. The zero-order valence-corrected chi connectivity index (χ0v) is 15.1. The van der Waals surface area contributed by atoms with Crippen LogP contribution in [0.5, 0.6) is 5.75 Å². The van der Waals surface area contributed by atoms with Crippen molar-refractivity contribution in [2.75, 3.05) is 7.11 Å². The standard InChI is InChI=1S/C20H18F3N3O2/c1-27-17-7-5-13(10-16(17)20(21,22)23)19-26-25-18(28-19)12-3-2-11-4-6-15(24)9-14(11)8-12/h2-3,5,7-8,10,15H,4,6,9,24H2,1H3/t15-/m0/s1. The fraction of sp³-hybridized carbons (Fsp3) is 0.300. The molecule has 1 aliphatic rings. The Morgan fingerprint density at radius 3 is 2.39 bits per heavy atom. The fourth-order valence-electron chi connectivity index (χ4n) is 3.44. The van der Waals surface area contributed by atoms with E-state index in [2.05, 4.69) is 10.2 Å². The lowest BCUT2D eigenvalue weighted by atomic mass is 9.87. The van der Waals surface area contributed by atoms with Crippen molar-refractivity contribution in [1.29, 1.82) is 0 Å². The molecule has 1 aliphatic carbocycles. The number of hydrogen-bond acceptors (Lipinski definition) is 5. The molecule has 8 heteroatoms. The molecule has 2 N–H and O–H groups in total. The number of ether oxygens (including phenoxy) is 1. The third-order valence-electron chi connectivity index (χ3n) is 4.90. The van der Waals surface area contributed by atoms with Gasteiger partial charge in [0.05, 0.1) is 12.7 Å². The second-order valence-corrected chi connectivity index (χ2v) is 6.81. The van der Waals surface area contributed by atoms with Crippen LogP contribution in [0.4, 0.5) is 13.2 Å². The SMILES string of the molecule is COc1ccc(-c2nnc(-c3ccc4c(c3)C[C@@H](N)CC4)o2)cc1C(F)(F)F. The minimum absolute atomic E-state index is 0.0116. The number of hydrogen-bond donors (Lipinski definition) is 1. The average molecular weight is 389 g/mol. The highest BCUT2D eigenvalue weighted by molar-refractivity contribution is 5.61. The van der Waals surface area contributed by atoms with E-state index in [0.717, 1.165) is 36.5 Å². The summed E-state index contributed by atoms with van der Waals surface area (Å²) in [6.07, 6.45) is -1.90. The Morgan fingerprint density at radius 1 is 1.04 bits per heavy atom. The molecule has 5 nitrogen and oxygen atoms in total. The minimum atomic E-state index is -4.55. The van der Waals surface area contributed by atoms with Crippen molar-refractivity contribution < 1.29 is 22.3 Å². The van der Waals surface area contributed by atoms with Gasteiger partial charge in [-0.1, -0.05) is 6.07 Å². The molecule has 0 aliphatic heterocycles. The van der Waals surface area contributed by atoms with Crippen molar-refractivity contribution in [1.82, 2.24) is 10.2 Å². The lowest BCUT2D eigenvalue weighted by molar-refractivity contribution is -0.138. The molecule has 146 valence electrons. The van der Waals surface area contributed by atoms with E-state index in [1.807, 2.05) is 18.2 Å². The van der Waals surface area contributed by atoms with Crippen molar-refractivity contribution in [2.45, 2.75) is 31.5 Å². The van der Waals surface area contributed by atoms with Crippen molar-refractivity contribution in [3.63, 3.8) is 0 Å². The van der Waals surface area contributed by atoms with Gasteiger partial charge in [0.2, 0.25) is 11.8 Å². The summed E-state index contributed by atoms with van der Waals surface area (Å²) in [5.74, 6) is 0.000844. The van der Waals surface area contributed by atoms with Gasteiger partial charge < -0.3 is 14.9 Å². The maximum Gasteiger partial charge on any atom is 0.419 e. The van der Waals surface area contributed by atoms with Crippen molar-refractivity contribution in [3.8, 4) is 28.7 Å². The average Bonchev–Trinajstić information content (AvgIpc) is 3.16. The van der Waals surface area contributed by atoms with Gasteiger partial charge in [0.25, 0.3) is 0 Å². The maximum absolute atomic E-state index is 13.2. The molecule has 0 bridgehead atoms. The Bertz CT molecular complexity index is 1010. The fourth-order valence-corrected chi connectivity index (χ4v) is 3.44. The summed E-state index contributed by atoms with van der Waals surface area (Å²) in [5, 5.41) is 7.92. The summed E-state index contributed by atoms with van der Waals surface area (Å²) in [6.45, 7) is 0. The highest BCUT2D eigenvalue weighted by atomic mass is 19.4. The van der Waals surface area contributed by atoms with Crippen LogP contribution in [0, 0.1) is 0 Å². The number of aromatic nitrogens is 2. The molecule has 0 saturated heterocycles. The first kappa shape index (κ1) is 18.5. The van der Waals surface area contributed by atoms with Gasteiger partial charge in [-0.05, 0) is 60.7 Å². The first-order valence-corrected chi connectivity index (χ1v) is 8.82. The third kappa shape index (κ3) is 3.47. The van der Waals surface area contributed by atoms with Crippen molar-refractivity contribution in [2.24, 2.45) is 5.73 Å². The number of methoxy groups -OCH3 is 1. The van der Waals surface area contributed by atoms with Gasteiger partial charge in [0.1, 0.15) is 5.75 Å². The lowest BCUT2D eigenvalue weighted by Gasteiger charge is -2.21.